The summed E-state index contributed by atoms with van der Waals surface area (Å²) >= 11 is 18.8. The molecule has 2 amide bonds. The van der Waals surface area contributed by atoms with Gasteiger partial charge in [-0.1, -0.05) is 34.8 Å². The highest BCUT2D eigenvalue weighted by Gasteiger charge is 2.34. The first-order valence-electron chi connectivity index (χ1n) is 7.94. The summed E-state index contributed by atoms with van der Waals surface area (Å²) in [5.74, 6) is -2.50. The van der Waals surface area contributed by atoms with Gasteiger partial charge in [0.2, 0.25) is 5.96 Å². The Morgan fingerprint density at radius 1 is 1.16 bits per heavy atom. The maximum Gasteiger partial charge on any atom is 0.573 e. The van der Waals surface area contributed by atoms with Gasteiger partial charge in [-0.15, -0.1) is 35.1 Å². The van der Waals surface area contributed by atoms with Gasteiger partial charge in [0.1, 0.15) is 10.0 Å². The Morgan fingerprint density at radius 2 is 1.84 bits per heavy atom. The smallest absolute Gasteiger partial charge is 0.404 e. The largest absolute Gasteiger partial charge is 0.573 e. The molecule has 2 heterocycles. The minimum atomic E-state index is -5.09. The molecule has 4 N–H and O–H groups in total. The van der Waals surface area contributed by atoms with Crippen LogP contribution in [-0.2, 0) is 0 Å². The Bertz CT molecular complexity index is 1080. The van der Waals surface area contributed by atoms with Crippen LogP contribution in [-0.4, -0.2) is 36.2 Å². The summed E-state index contributed by atoms with van der Waals surface area (Å²) in [6.45, 7) is 0. The molecule has 16 heteroatoms. The van der Waals surface area contributed by atoms with Gasteiger partial charge in [0, 0.05) is 7.05 Å². The van der Waals surface area contributed by atoms with Crippen molar-refractivity contribution in [2.24, 2.45) is 5.10 Å². The molecule has 1 aromatic carbocycles. The van der Waals surface area contributed by atoms with Crippen LogP contribution < -0.4 is 26.4 Å². The molecule has 2 aromatic rings. The molecule has 1 aromatic heterocycles. The number of hydrogen-bond acceptors (Lipinski definition) is 8. The van der Waals surface area contributed by atoms with E-state index in [0.717, 1.165) is 23.5 Å². The van der Waals surface area contributed by atoms with E-state index < -0.39 is 34.6 Å². The minimum Gasteiger partial charge on any atom is -0.404 e. The molecule has 0 atom stereocenters. The summed E-state index contributed by atoms with van der Waals surface area (Å²) in [6, 6.07) is 3.06. The van der Waals surface area contributed by atoms with Crippen molar-refractivity contribution >= 4 is 69.6 Å². The van der Waals surface area contributed by atoms with Gasteiger partial charge in [0.25, 0.3) is 11.8 Å². The lowest BCUT2D eigenvalue weighted by molar-refractivity contribution is -0.274. The van der Waals surface area contributed by atoms with Crippen LogP contribution in [0.4, 0.5) is 18.9 Å². The number of anilines is 1. The monoisotopic (exact) mass is 516 g/mol. The molecule has 31 heavy (non-hydrogen) atoms. The van der Waals surface area contributed by atoms with Crippen molar-refractivity contribution in [2.45, 2.75) is 6.36 Å². The van der Waals surface area contributed by atoms with Crippen LogP contribution in [0, 0.1) is 0 Å². The Morgan fingerprint density at radius 3 is 2.39 bits per heavy atom. The Hall–Kier alpha value is -2.45. The molecule has 0 radical (unpaired) electrons. The van der Waals surface area contributed by atoms with Crippen molar-refractivity contribution in [1.82, 2.24) is 21.4 Å². The van der Waals surface area contributed by atoms with E-state index in [1.54, 1.807) is 0 Å². The number of alkyl halides is 3. The van der Waals surface area contributed by atoms with Crippen molar-refractivity contribution in [2.75, 3.05) is 12.4 Å². The zero-order valence-corrected chi connectivity index (χ0v) is 18.1. The highest BCUT2D eigenvalue weighted by Crippen LogP contribution is 2.39. The van der Waals surface area contributed by atoms with Crippen LogP contribution >= 0.6 is 46.1 Å². The second-order valence-corrected chi connectivity index (χ2v) is 8.38. The second kappa shape index (κ2) is 8.96. The standard InChI is InChI=1S/C15H10Cl3F3N6O3S/c1-27-14(24-25-26-27)23-12(28)5-2-3-7(30-15(19,20)21)10(9(5)17)22-13(29)6-4-8(16)31-11(6)18/h2-4,25-26H,1H3,(H,22,29)(H,23,24,28). The lowest BCUT2D eigenvalue weighted by atomic mass is 10.1. The van der Waals surface area contributed by atoms with Gasteiger partial charge in [-0.25, -0.2) is 5.53 Å². The molecule has 3 rings (SSSR count). The number of nitrogens with zero attached hydrogens (tertiary/aromatic N) is 2. The number of benzene rings is 1. The molecule has 0 saturated heterocycles. The molecule has 0 aliphatic carbocycles. The van der Waals surface area contributed by atoms with Gasteiger partial charge in [-0.05, 0) is 18.2 Å². The van der Waals surface area contributed by atoms with Crippen LogP contribution in [0.1, 0.15) is 20.7 Å². The first-order valence-corrected chi connectivity index (χ1v) is 9.89. The summed E-state index contributed by atoms with van der Waals surface area (Å²) in [7, 11) is 1.53. The molecular formula is C15H10Cl3F3N6O3S. The zero-order chi connectivity index (χ0) is 22.9. The van der Waals surface area contributed by atoms with Crippen LogP contribution in [0.3, 0.4) is 0 Å². The SMILES string of the molecule is CN1NNN=C1NC(=O)c1ccc(OC(F)(F)F)c(NC(=O)c2cc(Cl)sc2Cl)c1Cl. The Kier molecular flexibility index (Phi) is 6.71. The van der Waals surface area contributed by atoms with Gasteiger partial charge < -0.3 is 10.1 Å². The zero-order valence-electron chi connectivity index (χ0n) is 15.0. The molecule has 1 aliphatic rings. The number of hydrogen-bond donors (Lipinski definition) is 4. The molecule has 0 fully saturated rings. The van der Waals surface area contributed by atoms with Crippen LogP contribution in [0.15, 0.2) is 23.3 Å². The number of ether oxygens (including phenoxy) is 1. The van der Waals surface area contributed by atoms with E-state index in [9.17, 15) is 22.8 Å². The fourth-order valence-electron chi connectivity index (χ4n) is 2.30. The minimum absolute atomic E-state index is 0.00749. The molecule has 166 valence electrons. The number of carbonyl (C=O) groups excluding carboxylic acids is 2. The lowest BCUT2D eigenvalue weighted by Gasteiger charge is -2.18. The van der Waals surface area contributed by atoms with Gasteiger partial charge in [0.15, 0.2) is 5.75 Å². The summed E-state index contributed by atoms with van der Waals surface area (Å²) < 4.78 is 42.6. The number of rotatable bonds is 4. The third-order valence-corrected chi connectivity index (χ3v) is 5.52. The van der Waals surface area contributed by atoms with E-state index in [4.69, 9.17) is 34.8 Å². The maximum atomic E-state index is 12.8. The molecule has 1 aliphatic heterocycles. The van der Waals surface area contributed by atoms with Gasteiger partial charge >= 0.3 is 6.36 Å². The fourth-order valence-corrected chi connectivity index (χ4v) is 4.04. The van der Waals surface area contributed by atoms with Crippen LogP contribution in [0.5, 0.6) is 5.75 Å². The third-order valence-electron chi connectivity index (χ3n) is 3.64. The first kappa shape index (κ1) is 23.2. The fraction of sp³-hybridized carbons (Fsp3) is 0.133. The summed E-state index contributed by atoms with van der Waals surface area (Å²) in [6.07, 6.45) is -5.09. The number of amides is 2. The van der Waals surface area contributed by atoms with Gasteiger partial charge in [0.05, 0.1) is 20.5 Å². The third kappa shape index (κ3) is 5.43. The predicted octanol–water partition coefficient (Wildman–Crippen LogP) is 3.81. The highest BCUT2D eigenvalue weighted by molar-refractivity contribution is 7.20. The summed E-state index contributed by atoms with van der Waals surface area (Å²) in [5, 5.41) is 9.13. The normalized spacial score (nSPS) is 13.5. The number of nitrogens with one attached hydrogen (secondary N) is 4. The number of hydrazine groups is 2. The Labute approximate surface area is 191 Å². The molecule has 0 bridgehead atoms. The van der Waals surface area contributed by atoms with E-state index in [1.165, 1.54) is 18.1 Å². The van der Waals surface area contributed by atoms with Crippen molar-refractivity contribution in [3.05, 3.63) is 43.0 Å². The topological polar surface area (TPSA) is 107 Å². The second-order valence-electron chi connectivity index (χ2n) is 5.71. The van der Waals surface area contributed by atoms with Crippen molar-refractivity contribution < 1.29 is 27.5 Å². The van der Waals surface area contributed by atoms with E-state index >= 15 is 0 Å². The summed E-state index contributed by atoms with van der Waals surface area (Å²) in [4.78, 5) is 25.1. The molecule has 0 unspecified atom stereocenters. The number of hydrazone groups is 1. The molecular weight excluding hydrogens is 508 g/mol. The summed E-state index contributed by atoms with van der Waals surface area (Å²) in [5.41, 5.74) is 3.98. The lowest BCUT2D eigenvalue weighted by Crippen LogP contribution is -2.45. The average molecular weight is 518 g/mol. The number of thiophene rings is 1. The number of halogens is 6. The quantitative estimate of drug-likeness (QED) is 0.491. The van der Waals surface area contributed by atoms with E-state index in [-0.39, 0.29) is 25.8 Å². The van der Waals surface area contributed by atoms with Gasteiger partial charge in [-0.3, -0.25) is 19.9 Å². The number of carbonyl (C=O) groups is 2. The predicted molar refractivity (Wildman–Crippen MR) is 109 cm³/mol. The van der Waals surface area contributed by atoms with Crippen molar-refractivity contribution in [3.8, 4) is 5.75 Å². The number of guanidine groups is 1. The van der Waals surface area contributed by atoms with Crippen molar-refractivity contribution in [3.63, 3.8) is 0 Å². The Balaban J connectivity index is 1.97. The molecule has 0 saturated carbocycles. The first-order chi connectivity index (χ1) is 14.5. The highest BCUT2D eigenvalue weighted by atomic mass is 35.5. The molecule has 9 nitrogen and oxygen atoms in total. The van der Waals surface area contributed by atoms with E-state index in [0.29, 0.717) is 0 Å². The molecule has 0 spiro atoms. The van der Waals surface area contributed by atoms with Gasteiger partial charge in [-0.2, -0.15) is 0 Å². The van der Waals surface area contributed by atoms with Crippen LogP contribution in [0.25, 0.3) is 0 Å². The van der Waals surface area contributed by atoms with Crippen molar-refractivity contribution in [1.29, 1.82) is 0 Å². The van der Waals surface area contributed by atoms with E-state index in [1.807, 2.05) is 0 Å². The van der Waals surface area contributed by atoms with E-state index in [2.05, 4.69) is 31.5 Å². The van der Waals surface area contributed by atoms with Crippen LogP contribution in [0.2, 0.25) is 13.7 Å². The average Bonchev–Trinajstić information content (AvgIpc) is 3.21. The maximum absolute atomic E-state index is 12.8.